The third-order valence-electron chi connectivity index (χ3n) is 2.97. The molecule has 0 aromatic heterocycles. The van der Waals surface area contributed by atoms with Gasteiger partial charge in [-0.25, -0.2) is 4.39 Å². The first-order valence-corrected chi connectivity index (χ1v) is 5.24. The molecule has 0 saturated heterocycles. The zero-order valence-corrected chi connectivity index (χ0v) is 8.99. The molecule has 0 amide bonds. The van der Waals surface area contributed by atoms with Crippen molar-refractivity contribution in [3.63, 3.8) is 0 Å². The van der Waals surface area contributed by atoms with Crippen molar-refractivity contribution >= 4 is 0 Å². The van der Waals surface area contributed by atoms with E-state index >= 15 is 0 Å². The lowest BCUT2D eigenvalue weighted by Crippen LogP contribution is -2.17. The standard InChI is InChI=1S/C11H23F/c1-5-10(6-2)8-9-11(4,12)7-3/h10H,5-9H2,1-4H3/t11-/m0/s1. The summed E-state index contributed by atoms with van der Waals surface area (Å²) in [7, 11) is 0. The lowest BCUT2D eigenvalue weighted by molar-refractivity contribution is 0.154. The largest absolute Gasteiger partial charge is 0.244 e. The van der Waals surface area contributed by atoms with Gasteiger partial charge in [0.25, 0.3) is 0 Å². The Kier molecular flexibility index (Phi) is 5.52. The van der Waals surface area contributed by atoms with Gasteiger partial charge in [0.2, 0.25) is 0 Å². The van der Waals surface area contributed by atoms with Crippen molar-refractivity contribution in [1.29, 1.82) is 0 Å². The fraction of sp³-hybridized carbons (Fsp3) is 1.00. The molecule has 0 rings (SSSR count). The van der Waals surface area contributed by atoms with Gasteiger partial charge in [-0.1, -0.05) is 33.6 Å². The molecule has 0 radical (unpaired) electrons. The molecular weight excluding hydrogens is 151 g/mol. The van der Waals surface area contributed by atoms with Gasteiger partial charge in [-0.2, -0.15) is 0 Å². The normalized spacial score (nSPS) is 16.5. The molecule has 0 spiro atoms. The van der Waals surface area contributed by atoms with E-state index in [1.54, 1.807) is 6.92 Å². The number of alkyl halides is 1. The van der Waals surface area contributed by atoms with Crippen molar-refractivity contribution in [3.05, 3.63) is 0 Å². The van der Waals surface area contributed by atoms with Crippen molar-refractivity contribution in [1.82, 2.24) is 0 Å². The van der Waals surface area contributed by atoms with Crippen molar-refractivity contribution in [2.75, 3.05) is 0 Å². The first kappa shape index (κ1) is 11.9. The number of hydrogen-bond acceptors (Lipinski definition) is 0. The maximum absolute atomic E-state index is 13.5. The molecular formula is C11H23F. The molecule has 74 valence electrons. The van der Waals surface area contributed by atoms with Crippen molar-refractivity contribution in [2.45, 2.75) is 65.5 Å². The van der Waals surface area contributed by atoms with E-state index in [0.29, 0.717) is 6.42 Å². The van der Waals surface area contributed by atoms with E-state index < -0.39 is 5.67 Å². The Morgan fingerprint density at radius 3 is 2.00 bits per heavy atom. The highest BCUT2D eigenvalue weighted by Gasteiger charge is 2.21. The van der Waals surface area contributed by atoms with Crippen LogP contribution in [0, 0.1) is 5.92 Å². The van der Waals surface area contributed by atoms with Crippen LogP contribution in [0.5, 0.6) is 0 Å². The van der Waals surface area contributed by atoms with E-state index in [9.17, 15) is 4.39 Å². The molecule has 0 aliphatic carbocycles. The highest BCUT2D eigenvalue weighted by Crippen LogP contribution is 2.26. The molecule has 0 unspecified atom stereocenters. The first-order chi connectivity index (χ1) is 5.55. The predicted molar refractivity (Wildman–Crippen MR) is 53.1 cm³/mol. The van der Waals surface area contributed by atoms with E-state index in [4.69, 9.17) is 0 Å². The van der Waals surface area contributed by atoms with Crippen LogP contribution in [0.2, 0.25) is 0 Å². The molecule has 0 nitrogen and oxygen atoms in total. The second-order valence-electron chi connectivity index (χ2n) is 3.99. The summed E-state index contributed by atoms with van der Waals surface area (Å²) in [6.07, 6.45) is 4.81. The summed E-state index contributed by atoms with van der Waals surface area (Å²) in [6.45, 7) is 8.02. The van der Waals surface area contributed by atoms with E-state index in [0.717, 1.165) is 18.8 Å². The van der Waals surface area contributed by atoms with Crippen LogP contribution in [-0.4, -0.2) is 5.67 Å². The zero-order valence-electron chi connectivity index (χ0n) is 8.99. The van der Waals surface area contributed by atoms with Crippen LogP contribution < -0.4 is 0 Å². The van der Waals surface area contributed by atoms with Crippen LogP contribution in [0.4, 0.5) is 4.39 Å². The molecule has 0 bridgehead atoms. The van der Waals surface area contributed by atoms with E-state index in [1.165, 1.54) is 12.8 Å². The molecule has 0 aliphatic heterocycles. The molecule has 0 fully saturated rings. The summed E-state index contributed by atoms with van der Waals surface area (Å²) >= 11 is 0. The Morgan fingerprint density at radius 2 is 1.67 bits per heavy atom. The number of rotatable bonds is 6. The summed E-state index contributed by atoms with van der Waals surface area (Å²) in [5.74, 6) is 0.728. The second kappa shape index (κ2) is 5.55. The predicted octanol–water partition coefficient (Wildman–Crippen LogP) is 4.34. The minimum absolute atomic E-state index is 0.646. The van der Waals surface area contributed by atoms with Crippen LogP contribution >= 0.6 is 0 Å². The minimum Gasteiger partial charge on any atom is -0.244 e. The average molecular weight is 174 g/mol. The van der Waals surface area contributed by atoms with Gasteiger partial charge in [0, 0.05) is 0 Å². The summed E-state index contributed by atoms with van der Waals surface area (Å²) in [5, 5.41) is 0. The number of hydrogen-bond donors (Lipinski definition) is 0. The van der Waals surface area contributed by atoms with E-state index in [2.05, 4.69) is 13.8 Å². The molecule has 0 aliphatic rings. The van der Waals surface area contributed by atoms with Crippen LogP contribution in [-0.2, 0) is 0 Å². The molecule has 1 heteroatoms. The Balaban J connectivity index is 3.65. The Hall–Kier alpha value is -0.0700. The molecule has 0 heterocycles. The van der Waals surface area contributed by atoms with Gasteiger partial charge < -0.3 is 0 Å². The fourth-order valence-corrected chi connectivity index (χ4v) is 1.38. The molecule has 1 atom stereocenters. The molecule has 0 aromatic carbocycles. The average Bonchev–Trinajstić information content (AvgIpc) is 2.06. The third kappa shape index (κ3) is 4.74. The zero-order chi connectivity index (χ0) is 9.61. The van der Waals surface area contributed by atoms with Crippen LogP contribution in [0.15, 0.2) is 0 Å². The maximum Gasteiger partial charge on any atom is 0.108 e. The van der Waals surface area contributed by atoms with Crippen LogP contribution in [0.25, 0.3) is 0 Å². The second-order valence-corrected chi connectivity index (χ2v) is 3.99. The maximum atomic E-state index is 13.5. The van der Waals surface area contributed by atoms with Gasteiger partial charge in [0.15, 0.2) is 0 Å². The Labute approximate surface area is 76.6 Å². The molecule has 0 saturated carbocycles. The summed E-state index contributed by atoms with van der Waals surface area (Å²) in [6, 6.07) is 0. The lowest BCUT2D eigenvalue weighted by Gasteiger charge is -2.21. The minimum atomic E-state index is -0.928. The number of halogens is 1. The first-order valence-electron chi connectivity index (χ1n) is 5.24. The monoisotopic (exact) mass is 174 g/mol. The third-order valence-corrected chi connectivity index (χ3v) is 2.97. The highest BCUT2D eigenvalue weighted by atomic mass is 19.1. The summed E-state index contributed by atoms with van der Waals surface area (Å²) in [4.78, 5) is 0. The van der Waals surface area contributed by atoms with Crippen LogP contribution in [0.1, 0.15) is 59.8 Å². The van der Waals surface area contributed by atoms with Gasteiger partial charge in [0.05, 0.1) is 0 Å². The van der Waals surface area contributed by atoms with E-state index in [-0.39, 0.29) is 0 Å². The van der Waals surface area contributed by atoms with Gasteiger partial charge >= 0.3 is 0 Å². The quantitative estimate of drug-likeness (QED) is 0.562. The SMILES string of the molecule is CCC(CC)CC[C@@](C)(F)CC. The van der Waals surface area contributed by atoms with Crippen LogP contribution in [0.3, 0.4) is 0 Å². The lowest BCUT2D eigenvalue weighted by atomic mass is 9.90. The van der Waals surface area contributed by atoms with Gasteiger partial charge in [-0.3, -0.25) is 0 Å². The Morgan fingerprint density at radius 1 is 1.17 bits per heavy atom. The molecule has 0 aromatic rings. The van der Waals surface area contributed by atoms with Crippen molar-refractivity contribution in [3.8, 4) is 0 Å². The van der Waals surface area contributed by atoms with Crippen molar-refractivity contribution < 1.29 is 4.39 Å². The molecule has 0 N–H and O–H groups in total. The van der Waals surface area contributed by atoms with Crippen molar-refractivity contribution in [2.24, 2.45) is 5.92 Å². The topological polar surface area (TPSA) is 0 Å². The smallest absolute Gasteiger partial charge is 0.108 e. The molecule has 12 heavy (non-hydrogen) atoms. The van der Waals surface area contributed by atoms with Gasteiger partial charge in [-0.05, 0) is 32.1 Å². The van der Waals surface area contributed by atoms with Gasteiger partial charge in [-0.15, -0.1) is 0 Å². The fourth-order valence-electron chi connectivity index (χ4n) is 1.38. The van der Waals surface area contributed by atoms with Gasteiger partial charge in [0.1, 0.15) is 5.67 Å². The highest BCUT2D eigenvalue weighted by molar-refractivity contribution is 4.72. The summed E-state index contributed by atoms with van der Waals surface area (Å²) < 4.78 is 13.5. The van der Waals surface area contributed by atoms with E-state index in [1.807, 2.05) is 6.92 Å². The summed E-state index contributed by atoms with van der Waals surface area (Å²) in [5.41, 5.74) is -0.928. The Bertz CT molecular complexity index is 104.